The topological polar surface area (TPSA) is 35.2 Å². The molecule has 2 atom stereocenters. The number of halogens is 1. The van der Waals surface area contributed by atoms with E-state index < -0.39 is 0 Å². The van der Waals surface area contributed by atoms with Crippen LogP contribution in [-0.2, 0) is 6.42 Å². The molecule has 0 radical (unpaired) electrons. The predicted octanol–water partition coefficient (Wildman–Crippen LogP) is 4.76. The van der Waals surface area contributed by atoms with Gasteiger partial charge in [-0.25, -0.2) is 0 Å². The Bertz CT molecular complexity index is 568. The quantitative estimate of drug-likeness (QED) is 0.835. The first-order chi connectivity index (χ1) is 10.1. The zero-order chi connectivity index (χ0) is 15.2. The third kappa shape index (κ3) is 4.23. The lowest BCUT2D eigenvalue weighted by atomic mass is 10.0. The standard InChI is InChI=1S/C18H22ClNO/c1-3-13-8-10-16(11-9-13)21-18(17(20)4-2)14-6-5-7-15(19)12-14/h5-12,17-18H,3-4,20H2,1-2H3. The molecule has 0 aliphatic carbocycles. The van der Waals surface area contributed by atoms with Crippen LogP contribution in [0, 0.1) is 0 Å². The van der Waals surface area contributed by atoms with Gasteiger partial charge in [-0.3, -0.25) is 0 Å². The summed E-state index contributed by atoms with van der Waals surface area (Å²) in [5.74, 6) is 0.834. The highest BCUT2D eigenvalue weighted by Crippen LogP contribution is 2.27. The minimum atomic E-state index is -0.193. The summed E-state index contributed by atoms with van der Waals surface area (Å²) in [7, 11) is 0. The van der Waals surface area contributed by atoms with Crippen LogP contribution in [-0.4, -0.2) is 6.04 Å². The largest absolute Gasteiger partial charge is 0.484 e. The zero-order valence-corrected chi connectivity index (χ0v) is 13.3. The number of ether oxygens (including phenoxy) is 1. The van der Waals surface area contributed by atoms with Gasteiger partial charge >= 0.3 is 0 Å². The molecule has 0 saturated carbocycles. The highest BCUT2D eigenvalue weighted by molar-refractivity contribution is 6.30. The number of hydrogen-bond acceptors (Lipinski definition) is 2. The van der Waals surface area contributed by atoms with Crippen molar-refractivity contribution in [2.75, 3.05) is 0 Å². The summed E-state index contributed by atoms with van der Waals surface area (Å²) in [5, 5.41) is 0.700. The molecule has 21 heavy (non-hydrogen) atoms. The van der Waals surface area contributed by atoms with Crippen LogP contribution in [0.3, 0.4) is 0 Å². The van der Waals surface area contributed by atoms with Gasteiger partial charge in [0.2, 0.25) is 0 Å². The van der Waals surface area contributed by atoms with Crippen molar-refractivity contribution in [1.82, 2.24) is 0 Å². The predicted molar refractivity (Wildman–Crippen MR) is 88.9 cm³/mol. The Morgan fingerprint density at radius 1 is 1.10 bits per heavy atom. The summed E-state index contributed by atoms with van der Waals surface area (Å²) in [5.41, 5.74) is 8.54. The lowest BCUT2D eigenvalue weighted by molar-refractivity contribution is 0.171. The molecule has 0 heterocycles. The van der Waals surface area contributed by atoms with E-state index in [1.54, 1.807) is 0 Å². The summed E-state index contributed by atoms with van der Waals surface area (Å²) >= 11 is 6.08. The van der Waals surface area contributed by atoms with Crippen LogP contribution in [0.2, 0.25) is 5.02 Å². The molecule has 2 nitrogen and oxygen atoms in total. The van der Waals surface area contributed by atoms with E-state index in [1.807, 2.05) is 36.4 Å². The van der Waals surface area contributed by atoms with Gasteiger partial charge in [0, 0.05) is 11.1 Å². The Balaban J connectivity index is 2.23. The van der Waals surface area contributed by atoms with E-state index in [1.165, 1.54) is 5.56 Å². The summed E-state index contributed by atoms with van der Waals surface area (Å²) in [6.07, 6.45) is 1.66. The fourth-order valence-electron chi connectivity index (χ4n) is 2.25. The van der Waals surface area contributed by atoms with Crippen LogP contribution >= 0.6 is 11.6 Å². The van der Waals surface area contributed by atoms with Crippen molar-refractivity contribution in [2.24, 2.45) is 5.73 Å². The van der Waals surface area contributed by atoms with Gasteiger partial charge < -0.3 is 10.5 Å². The SMILES string of the molecule is CCc1ccc(OC(c2cccc(Cl)c2)C(N)CC)cc1. The van der Waals surface area contributed by atoms with Crippen molar-refractivity contribution in [2.45, 2.75) is 38.8 Å². The first kappa shape index (κ1) is 15.9. The van der Waals surface area contributed by atoms with Crippen LogP contribution in [0.15, 0.2) is 48.5 Å². The molecule has 0 spiro atoms. The Morgan fingerprint density at radius 3 is 2.38 bits per heavy atom. The lowest BCUT2D eigenvalue weighted by Crippen LogP contribution is -2.31. The maximum atomic E-state index is 6.24. The summed E-state index contributed by atoms with van der Waals surface area (Å²) < 4.78 is 6.12. The van der Waals surface area contributed by atoms with Gasteiger partial charge in [-0.2, -0.15) is 0 Å². The monoisotopic (exact) mass is 303 g/mol. The van der Waals surface area contributed by atoms with Crippen molar-refractivity contribution in [3.05, 3.63) is 64.7 Å². The number of hydrogen-bond donors (Lipinski definition) is 1. The minimum Gasteiger partial charge on any atom is -0.484 e. The highest BCUT2D eigenvalue weighted by Gasteiger charge is 2.20. The van der Waals surface area contributed by atoms with Gasteiger partial charge in [-0.05, 0) is 48.2 Å². The van der Waals surface area contributed by atoms with Crippen LogP contribution in [0.1, 0.15) is 37.5 Å². The van der Waals surface area contributed by atoms with Crippen LogP contribution in [0.4, 0.5) is 0 Å². The lowest BCUT2D eigenvalue weighted by Gasteiger charge is -2.25. The smallest absolute Gasteiger partial charge is 0.139 e. The van der Waals surface area contributed by atoms with Crippen molar-refractivity contribution in [3.8, 4) is 5.75 Å². The van der Waals surface area contributed by atoms with E-state index in [4.69, 9.17) is 22.1 Å². The molecule has 0 aromatic heterocycles. The van der Waals surface area contributed by atoms with E-state index in [-0.39, 0.29) is 12.1 Å². The molecule has 3 heteroatoms. The average Bonchev–Trinajstić information content (AvgIpc) is 2.52. The van der Waals surface area contributed by atoms with Gasteiger partial charge in [0.1, 0.15) is 11.9 Å². The first-order valence-corrected chi connectivity index (χ1v) is 7.78. The van der Waals surface area contributed by atoms with E-state index in [0.29, 0.717) is 5.02 Å². The molecule has 2 unspecified atom stereocenters. The van der Waals surface area contributed by atoms with E-state index in [2.05, 4.69) is 26.0 Å². The second-order valence-electron chi connectivity index (χ2n) is 5.16. The number of nitrogens with two attached hydrogens (primary N) is 1. The highest BCUT2D eigenvalue weighted by atomic mass is 35.5. The number of aryl methyl sites for hydroxylation is 1. The van der Waals surface area contributed by atoms with Crippen LogP contribution in [0.25, 0.3) is 0 Å². The van der Waals surface area contributed by atoms with Crippen molar-refractivity contribution < 1.29 is 4.74 Å². The molecule has 0 aliphatic rings. The molecule has 2 aromatic carbocycles. The molecule has 2 aromatic rings. The second-order valence-corrected chi connectivity index (χ2v) is 5.60. The normalized spacial score (nSPS) is 13.7. The molecule has 112 valence electrons. The third-order valence-corrected chi connectivity index (χ3v) is 3.87. The van der Waals surface area contributed by atoms with Gasteiger partial charge in [0.25, 0.3) is 0 Å². The molecule has 0 bridgehead atoms. The van der Waals surface area contributed by atoms with Crippen molar-refractivity contribution >= 4 is 11.6 Å². The van der Waals surface area contributed by atoms with E-state index in [0.717, 1.165) is 24.2 Å². The fourth-order valence-corrected chi connectivity index (χ4v) is 2.45. The first-order valence-electron chi connectivity index (χ1n) is 7.40. The Morgan fingerprint density at radius 2 is 1.81 bits per heavy atom. The average molecular weight is 304 g/mol. The molecule has 0 aliphatic heterocycles. The number of benzene rings is 2. The minimum absolute atomic E-state index is 0.0747. The van der Waals surface area contributed by atoms with Gasteiger partial charge in [0.15, 0.2) is 0 Å². The zero-order valence-electron chi connectivity index (χ0n) is 12.6. The van der Waals surface area contributed by atoms with Gasteiger partial charge in [-0.15, -0.1) is 0 Å². The molecular weight excluding hydrogens is 282 g/mol. The summed E-state index contributed by atoms with van der Waals surface area (Å²) in [6, 6.07) is 15.8. The fraction of sp³-hybridized carbons (Fsp3) is 0.333. The van der Waals surface area contributed by atoms with E-state index in [9.17, 15) is 0 Å². The Hall–Kier alpha value is -1.51. The Kier molecular flexibility index (Phi) is 5.66. The molecule has 2 N–H and O–H groups in total. The molecule has 2 rings (SSSR count). The molecular formula is C18H22ClNO. The molecule has 0 saturated heterocycles. The maximum Gasteiger partial charge on any atom is 0.139 e. The van der Waals surface area contributed by atoms with Gasteiger partial charge in [0.05, 0.1) is 0 Å². The van der Waals surface area contributed by atoms with Crippen LogP contribution in [0.5, 0.6) is 5.75 Å². The summed E-state index contributed by atoms with van der Waals surface area (Å²) in [4.78, 5) is 0. The summed E-state index contributed by atoms with van der Waals surface area (Å²) in [6.45, 7) is 4.20. The van der Waals surface area contributed by atoms with Crippen molar-refractivity contribution in [1.29, 1.82) is 0 Å². The maximum absolute atomic E-state index is 6.24. The van der Waals surface area contributed by atoms with E-state index >= 15 is 0 Å². The Labute approximate surface area is 131 Å². The van der Waals surface area contributed by atoms with Gasteiger partial charge in [-0.1, -0.05) is 49.7 Å². The third-order valence-electron chi connectivity index (χ3n) is 3.63. The van der Waals surface area contributed by atoms with Crippen LogP contribution < -0.4 is 10.5 Å². The number of rotatable bonds is 6. The molecule has 0 amide bonds. The van der Waals surface area contributed by atoms with Crippen molar-refractivity contribution in [3.63, 3.8) is 0 Å². The second kappa shape index (κ2) is 7.48. The molecule has 0 fully saturated rings.